The Morgan fingerprint density at radius 2 is 1.34 bits per heavy atom. The Hall–Kier alpha value is -1.76. The molecule has 0 bridgehead atoms. The summed E-state index contributed by atoms with van der Waals surface area (Å²) in [6.45, 7) is 8.24. The smallest absolute Gasteiger partial charge is 0.186 e. The molecule has 1 saturated heterocycles. The first-order chi connectivity index (χ1) is 17.2. The number of fused-ring (bicyclic) bond motifs is 1. The van der Waals surface area contributed by atoms with E-state index in [1.807, 2.05) is 12.1 Å². The summed E-state index contributed by atoms with van der Waals surface area (Å²) in [4.78, 5) is 0. The predicted molar refractivity (Wildman–Crippen MR) is 144 cm³/mol. The average Bonchev–Trinajstić information content (AvgIpc) is 2.92. The van der Waals surface area contributed by atoms with Crippen LogP contribution in [0, 0.1) is 5.92 Å². The summed E-state index contributed by atoms with van der Waals surface area (Å²) in [5.74, 6) is 0.266. The van der Waals surface area contributed by atoms with Crippen molar-refractivity contribution < 1.29 is 18.9 Å². The van der Waals surface area contributed by atoms with E-state index < -0.39 is 14.4 Å². The molecule has 2 aromatic carbocycles. The quantitative estimate of drug-likeness (QED) is 0.249. The van der Waals surface area contributed by atoms with Gasteiger partial charge in [0.05, 0.1) is 33.5 Å². The highest BCUT2D eigenvalue weighted by atomic mass is 28.3. The van der Waals surface area contributed by atoms with Crippen LogP contribution >= 0.6 is 0 Å². The summed E-state index contributed by atoms with van der Waals surface area (Å²) in [6.07, 6.45) is 5.00. The van der Waals surface area contributed by atoms with E-state index in [-0.39, 0.29) is 24.2 Å². The van der Waals surface area contributed by atoms with Crippen molar-refractivity contribution in [1.29, 1.82) is 0 Å². The number of benzene rings is 2. The lowest BCUT2D eigenvalue weighted by molar-refractivity contribution is -0.299. The van der Waals surface area contributed by atoms with Crippen LogP contribution in [0.25, 0.3) is 0 Å². The molecule has 1 heterocycles. The van der Waals surface area contributed by atoms with Gasteiger partial charge in [-0.2, -0.15) is 0 Å². The molecule has 0 N–H and O–H groups in total. The fraction of sp³-hybridized carbons (Fsp3) is 0.533. The highest BCUT2D eigenvalue weighted by Gasteiger charge is 2.54. The van der Waals surface area contributed by atoms with Crippen molar-refractivity contribution in [3.05, 3.63) is 83.9 Å². The van der Waals surface area contributed by atoms with Gasteiger partial charge in [0, 0.05) is 13.0 Å². The molecule has 4 nitrogen and oxygen atoms in total. The maximum atomic E-state index is 6.83. The second kappa shape index (κ2) is 12.5. The topological polar surface area (TPSA) is 36.9 Å². The molecular weight excluding hydrogens is 452 g/mol. The van der Waals surface area contributed by atoms with Gasteiger partial charge in [-0.25, -0.2) is 0 Å². The van der Waals surface area contributed by atoms with Gasteiger partial charge in [0.2, 0.25) is 0 Å². The molecule has 0 aromatic heterocycles. The Morgan fingerprint density at radius 3 is 1.86 bits per heavy atom. The average molecular weight is 495 g/mol. The van der Waals surface area contributed by atoms with Crippen LogP contribution in [-0.2, 0) is 32.2 Å². The fourth-order valence-electron chi connectivity index (χ4n) is 6.23. The van der Waals surface area contributed by atoms with Gasteiger partial charge < -0.3 is 18.9 Å². The molecule has 0 saturated carbocycles. The summed E-state index contributed by atoms with van der Waals surface area (Å²) >= 11 is 0. The summed E-state index contributed by atoms with van der Waals surface area (Å²) < 4.78 is 25.9. The molecule has 2 aliphatic rings. The van der Waals surface area contributed by atoms with Gasteiger partial charge in [-0.1, -0.05) is 112 Å². The maximum absolute atomic E-state index is 6.83. The van der Waals surface area contributed by atoms with Crippen molar-refractivity contribution in [2.45, 2.75) is 88.7 Å². The second-order valence-electron chi connectivity index (χ2n) is 9.99. The molecule has 35 heavy (non-hydrogen) atoms. The van der Waals surface area contributed by atoms with Gasteiger partial charge in [-0.3, -0.25) is 0 Å². The van der Waals surface area contributed by atoms with Crippen LogP contribution < -0.4 is 0 Å². The van der Waals surface area contributed by atoms with E-state index in [0.29, 0.717) is 18.8 Å². The zero-order valence-corrected chi connectivity index (χ0v) is 22.8. The fourth-order valence-corrected chi connectivity index (χ4v) is 10.9. The van der Waals surface area contributed by atoms with Crippen LogP contribution in [0.3, 0.4) is 0 Å². The Morgan fingerprint density at radius 1 is 0.800 bits per heavy atom. The Balaban J connectivity index is 1.67. The Bertz CT molecular complexity index is 906. The molecule has 5 heteroatoms. The number of hydrogen-bond donors (Lipinski definition) is 0. The lowest BCUT2D eigenvalue weighted by Gasteiger charge is -2.53. The van der Waals surface area contributed by atoms with Gasteiger partial charge in [-0.05, 0) is 23.1 Å². The van der Waals surface area contributed by atoms with Gasteiger partial charge in [0.1, 0.15) is 6.10 Å². The lowest BCUT2D eigenvalue weighted by atomic mass is 9.81. The van der Waals surface area contributed by atoms with Crippen molar-refractivity contribution in [1.82, 2.24) is 0 Å². The largest absolute Gasteiger partial charge is 0.370 e. The molecule has 1 fully saturated rings. The SMILES string of the molecule is CC[Si](CC)(CC)[C@@H]1C=CC[C@H]2O[C@H](OC)[C@H](OCc3ccccc3)[C@@H](OCc3ccccc3)C12. The minimum atomic E-state index is -1.57. The number of allylic oxidation sites excluding steroid dienone is 1. The van der Waals surface area contributed by atoms with Crippen LogP contribution in [0.2, 0.25) is 23.7 Å². The number of ether oxygens (including phenoxy) is 4. The van der Waals surface area contributed by atoms with Gasteiger partial charge in [0.15, 0.2) is 6.29 Å². The van der Waals surface area contributed by atoms with E-state index in [2.05, 4.69) is 81.5 Å². The van der Waals surface area contributed by atoms with Gasteiger partial charge >= 0.3 is 0 Å². The molecule has 0 amide bonds. The maximum Gasteiger partial charge on any atom is 0.186 e. The van der Waals surface area contributed by atoms with Crippen molar-refractivity contribution in [2.75, 3.05) is 7.11 Å². The minimum Gasteiger partial charge on any atom is -0.370 e. The van der Waals surface area contributed by atoms with Gasteiger partial charge in [-0.15, -0.1) is 0 Å². The summed E-state index contributed by atoms with van der Waals surface area (Å²) in [6, 6.07) is 24.6. The summed E-state index contributed by atoms with van der Waals surface area (Å²) in [5.41, 5.74) is 2.83. The third-order valence-electron chi connectivity index (χ3n) is 8.46. The highest BCUT2D eigenvalue weighted by Crippen LogP contribution is 2.50. The molecule has 190 valence electrons. The van der Waals surface area contributed by atoms with Crippen LogP contribution in [0.4, 0.5) is 0 Å². The molecule has 1 unspecified atom stereocenters. The molecular formula is C30H42O4Si. The Kier molecular flexibility index (Phi) is 9.37. The van der Waals surface area contributed by atoms with Crippen LogP contribution in [0.15, 0.2) is 72.8 Å². The van der Waals surface area contributed by atoms with E-state index in [9.17, 15) is 0 Å². The predicted octanol–water partition coefficient (Wildman–Crippen LogP) is 6.98. The highest BCUT2D eigenvalue weighted by molar-refractivity contribution is 6.81. The van der Waals surface area contributed by atoms with E-state index in [4.69, 9.17) is 18.9 Å². The third-order valence-corrected chi connectivity index (χ3v) is 14.7. The van der Waals surface area contributed by atoms with Crippen molar-refractivity contribution in [2.24, 2.45) is 5.92 Å². The summed E-state index contributed by atoms with van der Waals surface area (Å²) in [5, 5.41) is 0. The van der Waals surface area contributed by atoms with E-state index >= 15 is 0 Å². The standard InChI is InChI=1S/C30H42O4Si/c1-5-35(6-2,7-3)26-20-14-19-25-27(26)28(32-21-23-15-10-8-11-16-23)29(30(31-4)34-25)33-22-24-17-12-9-13-18-24/h8-18,20,25-30H,5-7,19,21-22H2,1-4H3/t25-,26-,27?,28+,29-,30+/m1/s1. The zero-order valence-electron chi connectivity index (χ0n) is 21.8. The first-order valence-electron chi connectivity index (χ1n) is 13.3. The number of rotatable bonds is 11. The molecule has 2 aromatic rings. The van der Waals surface area contributed by atoms with E-state index in [1.54, 1.807) is 7.11 Å². The van der Waals surface area contributed by atoms with Crippen LogP contribution in [0.1, 0.15) is 38.3 Å². The lowest BCUT2D eigenvalue weighted by Crippen LogP contribution is -2.61. The summed E-state index contributed by atoms with van der Waals surface area (Å²) in [7, 11) is 0.153. The molecule has 6 atom stereocenters. The normalized spacial score (nSPS) is 28.6. The molecule has 1 aliphatic carbocycles. The first-order valence-corrected chi connectivity index (χ1v) is 16.0. The second-order valence-corrected chi connectivity index (χ2v) is 15.5. The van der Waals surface area contributed by atoms with Gasteiger partial charge in [0.25, 0.3) is 0 Å². The molecule has 0 radical (unpaired) electrons. The van der Waals surface area contributed by atoms with Crippen LogP contribution in [0.5, 0.6) is 0 Å². The Labute approximate surface area is 212 Å². The molecule has 4 rings (SSSR count). The minimum absolute atomic E-state index is 0.0869. The van der Waals surface area contributed by atoms with Crippen LogP contribution in [-0.4, -0.2) is 39.8 Å². The zero-order chi connectivity index (χ0) is 24.7. The first kappa shape index (κ1) is 26.3. The van der Waals surface area contributed by atoms with E-state index in [0.717, 1.165) is 12.0 Å². The number of methoxy groups -OCH3 is 1. The monoisotopic (exact) mass is 494 g/mol. The molecule has 1 aliphatic heterocycles. The van der Waals surface area contributed by atoms with E-state index in [1.165, 1.54) is 23.7 Å². The number of hydrogen-bond acceptors (Lipinski definition) is 4. The van der Waals surface area contributed by atoms with Crippen molar-refractivity contribution in [3.63, 3.8) is 0 Å². The van der Waals surface area contributed by atoms with Crippen molar-refractivity contribution >= 4 is 8.07 Å². The molecule has 0 spiro atoms. The third kappa shape index (κ3) is 5.81. The van der Waals surface area contributed by atoms with Crippen molar-refractivity contribution in [3.8, 4) is 0 Å².